The smallest absolute Gasteiger partial charge is 0.303 e. The summed E-state index contributed by atoms with van der Waals surface area (Å²) in [6.45, 7) is 2.24. The Labute approximate surface area is 168 Å². The van der Waals surface area contributed by atoms with E-state index in [1.807, 2.05) is 0 Å². The van der Waals surface area contributed by atoms with Crippen LogP contribution in [0.3, 0.4) is 0 Å². The summed E-state index contributed by atoms with van der Waals surface area (Å²) in [5.41, 5.74) is 0. The van der Waals surface area contributed by atoms with Crippen molar-refractivity contribution >= 4 is 11.8 Å². The van der Waals surface area contributed by atoms with Crippen LogP contribution in [0, 0.1) is 0 Å². The topological polar surface area (TPSA) is 54.4 Å². The van der Waals surface area contributed by atoms with Gasteiger partial charge in [-0.3, -0.25) is 9.59 Å². The van der Waals surface area contributed by atoms with E-state index in [2.05, 4.69) is 6.92 Å². The van der Waals surface area contributed by atoms with E-state index in [0.717, 1.165) is 38.5 Å². The Morgan fingerprint density at radius 3 is 1.11 bits per heavy atom. The molecule has 0 radical (unpaired) electrons. The van der Waals surface area contributed by atoms with Crippen LogP contribution in [0.1, 0.15) is 142 Å². The summed E-state index contributed by atoms with van der Waals surface area (Å²) in [7, 11) is 0. The van der Waals surface area contributed by atoms with Gasteiger partial charge in [-0.1, -0.05) is 103 Å². The minimum atomic E-state index is -0.669. The molecule has 0 spiro atoms. The largest absolute Gasteiger partial charge is 0.481 e. The van der Waals surface area contributed by atoms with Crippen molar-refractivity contribution in [2.24, 2.45) is 0 Å². The summed E-state index contributed by atoms with van der Waals surface area (Å²) < 4.78 is 0. The molecule has 0 aliphatic heterocycles. The summed E-state index contributed by atoms with van der Waals surface area (Å²) in [6, 6.07) is 0. The first-order chi connectivity index (χ1) is 13.2. The Balaban J connectivity index is 3.13. The number of rotatable bonds is 22. The van der Waals surface area contributed by atoms with Gasteiger partial charge in [0.25, 0.3) is 0 Å². The van der Waals surface area contributed by atoms with Crippen LogP contribution in [-0.2, 0) is 9.59 Å². The Bertz CT molecular complexity index is 339. The van der Waals surface area contributed by atoms with E-state index in [1.165, 1.54) is 89.9 Å². The van der Waals surface area contributed by atoms with Crippen LogP contribution in [0.15, 0.2) is 0 Å². The average Bonchev–Trinajstić information content (AvgIpc) is 2.64. The molecule has 0 heterocycles. The van der Waals surface area contributed by atoms with Gasteiger partial charge < -0.3 is 5.11 Å². The highest BCUT2D eigenvalue weighted by Gasteiger charge is 2.02. The second-order valence-corrected chi connectivity index (χ2v) is 8.19. The summed E-state index contributed by atoms with van der Waals surface area (Å²) >= 11 is 0. The monoisotopic (exact) mass is 382 g/mol. The van der Waals surface area contributed by atoms with Crippen LogP contribution in [-0.4, -0.2) is 16.9 Å². The van der Waals surface area contributed by atoms with Gasteiger partial charge in [0.15, 0.2) is 0 Å². The molecule has 0 rings (SSSR count). The second-order valence-electron chi connectivity index (χ2n) is 8.19. The first kappa shape index (κ1) is 26.1. The standard InChI is InChI=1S/C24H46O3/c1-2-3-4-5-14-17-20-23(25)21-18-15-12-10-8-6-7-9-11-13-16-19-22-24(26)27/h2-22H2,1H3,(H,26,27). The SMILES string of the molecule is CCCCCCCCC(=O)CCCCCCCCCCCCCCC(=O)O. The molecule has 0 fully saturated rings. The number of Topliss-reactive ketones (excluding diaryl/α,β-unsaturated/α-hetero) is 1. The first-order valence-corrected chi connectivity index (χ1v) is 11.9. The van der Waals surface area contributed by atoms with Gasteiger partial charge in [0.1, 0.15) is 5.78 Å². The van der Waals surface area contributed by atoms with Crippen molar-refractivity contribution in [3.63, 3.8) is 0 Å². The molecule has 0 unspecified atom stereocenters. The van der Waals surface area contributed by atoms with Crippen LogP contribution < -0.4 is 0 Å². The molecule has 0 saturated heterocycles. The molecule has 0 bridgehead atoms. The van der Waals surface area contributed by atoms with Crippen molar-refractivity contribution in [2.75, 3.05) is 0 Å². The average molecular weight is 383 g/mol. The Hall–Kier alpha value is -0.860. The Morgan fingerprint density at radius 2 is 0.778 bits per heavy atom. The number of aliphatic carboxylic acids is 1. The molecule has 0 aromatic heterocycles. The Morgan fingerprint density at radius 1 is 0.481 bits per heavy atom. The van der Waals surface area contributed by atoms with E-state index >= 15 is 0 Å². The zero-order valence-corrected chi connectivity index (χ0v) is 18.1. The normalized spacial score (nSPS) is 11.0. The molecule has 0 aromatic rings. The maximum atomic E-state index is 11.8. The highest BCUT2D eigenvalue weighted by molar-refractivity contribution is 5.78. The van der Waals surface area contributed by atoms with Gasteiger partial charge in [0, 0.05) is 19.3 Å². The molecule has 0 aliphatic rings. The third-order valence-electron chi connectivity index (χ3n) is 5.41. The highest BCUT2D eigenvalue weighted by atomic mass is 16.4. The molecule has 3 heteroatoms. The predicted molar refractivity (Wildman–Crippen MR) is 115 cm³/mol. The molecule has 0 saturated carbocycles. The molecule has 0 aromatic carbocycles. The Kier molecular flexibility index (Phi) is 20.8. The molecule has 160 valence electrons. The minimum absolute atomic E-state index is 0.324. The lowest BCUT2D eigenvalue weighted by atomic mass is 10.0. The van der Waals surface area contributed by atoms with Crippen molar-refractivity contribution < 1.29 is 14.7 Å². The van der Waals surface area contributed by atoms with Crippen molar-refractivity contribution in [3.05, 3.63) is 0 Å². The van der Waals surface area contributed by atoms with Gasteiger partial charge in [0.05, 0.1) is 0 Å². The fourth-order valence-corrected chi connectivity index (χ4v) is 3.59. The van der Waals surface area contributed by atoms with Crippen molar-refractivity contribution in [3.8, 4) is 0 Å². The van der Waals surface area contributed by atoms with Crippen LogP contribution >= 0.6 is 0 Å². The van der Waals surface area contributed by atoms with Crippen LogP contribution in [0.4, 0.5) is 0 Å². The zero-order valence-electron chi connectivity index (χ0n) is 18.1. The zero-order chi connectivity index (χ0) is 20.0. The molecule has 0 amide bonds. The number of carboxylic acid groups (broad SMARTS) is 1. The van der Waals surface area contributed by atoms with Crippen molar-refractivity contribution in [2.45, 2.75) is 142 Å². The van der Waals surface area contributed by atoms with Crippen LogP contribution in [0.2, 0.25) is 0 Å². The van der Waals surface area contributed by atoms with E-state index in [0.29, 0.717) is 12.2 Å². The van der Waals surface area contributed by atoms with Gasteiger partial charge in [-0.05, 0) is 19.3 Å². The third kappa shape index (κ3) is 23.1. The number of hydrogen-bond donors (Lipinski definition) is 1. The number of carbonyl (C=O) groups excluding carboxylic acids is 1. The van der Waals surface area contributed by atoms with Crippen LogP contribution in [0.25, 0.3) is 0 Å². The van der Waals surface area contributed by atoms with E-state index in [1.54, 1.807) is 0 Å². The van der Waals surface area contributed by atoms with Gasteiger partial charge in [-0.25, -0.2) is 0 Å². The molecule has 1 N–H and O–H groups in total. The molecular formula is C24H46O3. The van der Waals surface area contributed by atoms with Crippen LogP contribution in [0.5, 0.6) is 0 Å². The van der Waals surface area contributed by atoms with Crippen molar-refractivity contribution in [1.29, 1.82) is 0 Å². The maximum absolute atomic E-state index is 11.8. The van der Waals surface area contributed by atoms with E-state index in [-0.39, 0.29) is 0 Å². The lowest BCUT2D eigenvalue weighted by Gasteiger charge is -2.04. The van der Waals surface area contributed by atoms with Gasteiger partial charge >= 0.3 is 5.97 Å². The lowest BCUT2D eigenvalue weighted by molar-refractivity contribution is -0.137. The van der Waals surface area contributed by atoms with E-state index < -0.39 is 5.97 Å². The summed E-state index contributed by atoms with van der Waals surface area (Å²) in [6.07, 6.45) is 24.0. The second kappa shape index (κ2) is 21.4. The van der Waals surface area contributed by atoms with E-state index in [9.17, 15) is 9.59 Å². The molecule has 27 heavy (non-hydrogen) atoms. The van der Waals surface area contributed by atoms with Crippen molar-refractivity contribution in [1.82, 2.24) is 0 Å². The lowest BCUT2D eigenvalue weighted by Crippen LogP contribution is -1.97. The summed E-state index contributed by atoms with van der Waals surface area (Å²) in [5.74, 6) is -0.189. The number of ketones is 1. The highest BCUT2D eigenvalue weighted by Crippen LogP contribution is 2.14. The van der Waals surface area contributed by atoms with Gasteiger partial charge in [-0.15, -0.1) is 0 Å². The molecule has 0 atom stereocenters. The van der Waals surface area contributed by atoms with Gasteiger partial charge in [-0.2, -0.15) is 0 Å². The molecule has 0 aliphatic carbocycles. The number of unbranched alkanes of at least 4 members (excludes halogenated alkanes) is 16. The third-order valence-corrected chi connectivity index (χ3v) is 5.41. The minimum Gasteiger partial charge on any atom is -0.481 e. The first-order valence-electron chi connectivity index (χ1n) is 11.9. The fourth-order valence-electron chi connectivity index (χ4n) is 3.59. The maximum Gasteiger partial charge on any atom is 0.303 e. The number of hydrogen-bond acceptors (Lipinski definition) is 2. The quantitative estimate of drug-likeness (QED) is 0.194. The fraction of sp³-hybridized carbons (Fsp3) is 0.917. The molecule has 3 nitrogen and oxygen atoms in total. The number of carbonyl (C=O) groups is 2. The van der Waals surface area contributed by atoms with Gasteiger partial charge in [0.2, 0.25) is 0 Å². The van der Waals surface area contributed by atoms with E-state index in [4.69, 9.17) is 5.11 Å². The number of carboxylic acids is 1. The molecular weight excluding hydrogens is 336 g/mol. The summed E-state index contributed by atoms with van der Waals surface area (Å²) in [4.78, 5) is 22.2. The summed E-state index contributed by atoms with van der Waals surface area (Å²) in [5, 5.41) is 8.57. The predicted octanol–water partition coefficient (Wildman–Crippen LogP) is 7.85.